The molecule has 0 atom stereocenters. The lowest BCUT2D eigenvalue weighted by molar-refractivity contribution is 0.601. The SMILES string of the molecule is Cc1nc(N2CCCC2)nc(C)c1NS(=O)(=O)c1ccc(Br)cc1. The summed E-state index contributed by atoms with van der Waals surface area (Å²) in [6, 6.07) is 6.50. The van der Waals surface area contributed by atoms with E-state index in [1.54, 1.807) is 38.1 Å². The van der Waals surface area contributed by atoms with Crippen molar-refractivity contribution >= 4 is 37.6 Å². The first-order valence-electron chi connectivity index (χ1n) is 7.75. The molecule has 24 heavy (non-hydrogen) atoms. The highest BCUT2D eigenvalue weighted by atomic mass is 79.9. The highest BCUT2D eigenvalue weighted by Gasteiger charge is 2.21. The van der Waals surface area contributed by atoms with Gasteiger partial charge in [0.25, 0.3) is 10.0 Å². The molecule has 1 aliphatic heterocycles. The molecule has 1 fully saturated rings. The predicted molar refractivity (Wildman–Crippen MR) is 97.9 cm³/mol. The Balaban J connectivity index is 1.90. The lowest BCUT2D eigenvalue weighted by Crippen LogP contribution is -2.22. The van der Waals surface area contributed by atoms with Crippen molar-refractivity contribution in [1.82, 2.24) is 9.97 Å². The summed E-state index contributed by atoms with van der Waals surface area (Å²) in [5.41, 5.74) is 1.70. The van der Waals surface area contributed by atoms with E-state index in [1.807, 2.05) is 0 Å². The second-order valence-electron chi connectivity index (χ2n) is 5.82. The molecule has 1 aliphatic rings. The van der Waals surface area contributed by atoms with E-state index >= 15 is 0 Å². The van der Waals surface area contributed by atoms with Gasteiger partial charge in [-0.1, -0.05) is 15.9 Å². The first-order valence-corrected chi connectivity index (χ1v) is 10.0. The molecule has 6 nitrogen and oxygen atoms in total. The third-order valence-corrected chi connectivity index (χ3v) is 5.90. The van der Waals surface area contributed by atoms with Crippen LogP contribution in [0, 0.1) is 13.8 Å². The van der Waals surface area contributed by atoms with Gasteiger partial charge in [-0.05, 0) is 51.0 Å². The number of anilines is 2. The van der Waals surface area contributed by atoms with E-state index in [2.05, 4.69) is 35.5 Å². The van der Waals surface area contributed by atoms with Crippen molar-refractivity contribution in [3.05, 3.63) is 40.1 Å². The number of benzene rings is 1. The Morgan fingerprint density at radius 3 is 2.12 bits per heavy atom. The van der Waals surface area contributed by atoms with Crippen molar-refractivity contribution in [3.63, 3.8) is 0 Å². The molecular formula is C16H19BrN4O2S. The van der Waals surface area contributed by atoms with Gasteiger partial charge < -0.3 is 4.90 Å². The zero-order valence-corrected chi connectivity index (χ0v) is 16.0. The van der Waals surface area contributed by atoms with Gasteiger partial charge in [0.15, 0.2) is 0 Å². The van der Waals surface area contributed by atoms with Crippen molar-refractivity contribution in [2.75, 3.05) is 22.7 Å². The minimum absolute atomic E-state index is 0.202. The largest absolute Gasteiger partial charge is 0.341 e. The number of nitrogens with zero attached hydrogens (tertiary/aromatic N) is 3. The molecule has 0 saturated carbocycles. The summed E-state index contributed by atoms with van der Waals surface area (Å²) in [4.78, 5) is 11.3. The third kappa shape index (κ3) is 3.54. The molecule has 0 radical (unpaired) electrons. The molecule has 1 aromatic heterocycles. The van der Waals surface area contributed by atoms with E-state index in [0.29, 0.717) is 23.0 Å². The Kier molecular flexibility index (Phi) is 4.78. The lowest BCUT2D eigenvalue weighted by Gasteiger charge is -2.19. The summed E-state index contributed by atoms with van der Waals surface area (Å²) in [6.45, 7) is 5.49. The topological polar surface area (TPSA) is 75.2 Å². The Morgan fingerprint density at radius 1 is 1.04 bits per heavy atom. The quantitative estimate of drug-likeness (QED) is 0.836. The van der Waals surface area contributed by atoms with Crippen LogP contribution in [-0.2, 0) is 10.0 Å². The molecule has 1 aromatic carbocycles. The maximum absolute atomic E-state index is 12.6. The molecule has 0 spiro atoms. The van der Waals surface area contributed by atoms with Crippen LogP contribution < -0.4 is 9.62 Å². The number of aryl methyl sites for hydroxylation is 2. The van der Waals surface area contributed by atoms with Crippen LogP contribution in [0.4, 0.5) is 11.6 Å². The standard InChI is InChI=1S/C16H19BrN4O2S/c1-11-15(12(2)19-16(18-11)21-9-3-4-10-21)20-24(22,23)14-7-5-13(17)6-8-14/h5-8,20H,3-4,9-10H2,1-2H3. The maximum atomic E-state index is 12.6. The van der Waals surface area contributed by atoms with Gasteiger partial charge in [0.2, 0.25) is 5.95 Å². The fraction of sp³-hybridized carbons (Fsp3) is 0.375. The smallest absolute Gasteiger partial charge is 0.262 e. The minimum atomic E-state index is -3.67. The fourth-order valence-electron chi connectivity index (χ4n) is 2.71. The predicted octanol–water partition coefficient (Wildman–Crippen LogP) is 3.26. The van der Waals surface area contributed by atoms with Crippen molar-refractivity contribution in [2.45, 2.75) is 31.6 Å². The van der Waals surface area contributed by atoms with E-state index in [9.17, 15) is 8.42 Å². The molecule has 128 valence electrons. The van der Waals surface area contributed by atoms with E-state index in [4.69, 9.17) is 0 Å². The fourth-order valence-corrected chi connectivity index (χ4v) is 4.15. The normalized spacial score (nSPS) is 14.9. The van der Waals surface area contributed by atoms with Crippen LogP contribution in [0.15, 0.2) is 33.6 Å². The van der Waals surface area contributed by atoms with Gasteiger partial charge in [0.1, 0.15) is 0 Å². The molecular weight excluding hydrogens is 392 g/mol. The maximum Gasteiger partial charge on any atom is 0.262 e. The van der Waals surface area contributed by atoms with Gasteiger partial charge in [0, 0.05) is 17.6 Å². The molecule has 8 heteroatoms. The van der Waals surface area contributed by atoms with Crippen LogP contribution in [-0.4, -0.2) is 31.5 Å². The molecule has 2 aromatic rings. The molecule has 1 saturated heterocycles. The second-order valence-corrected chi connectivity index (χ2v) is 8.42. The van der Waals surface area contributed by atoms with Crippen molar-refractivity contribution < 1.29 is 8.42 Å². The van der Waals surface area contributed by atoms with E-state index in [1.165, 1.54) is 0 Å². The Hall–Kier alpha value is -1.67. The molecule has 0 aliphatic carbocycles. The van der Waals surface area contributed by atoms with Crippen molar-refractivity contribution in [2.24, 2.45) is 0 Å². The molecule has 0 amide bonds. The molecule has 1 N–H and O–H groups in total. The van der Waals surface area contributed by atoms with Crippen LogP contribution in [0.3, 0.4) is 0 Å². The van der Waals surface area contributed by atoms with E-state index in [-0.39, 0.29) is 4.90 Å². The van der Waals surface area contributed by atoms with Gasteiger partial charge >= 0.3 is 0 Å². The van der Waals surface area contributed by atoms with Crippen LogP contribution in [0.1, 0.15) is 24.2 Å². The third-order valence-electron chi connectivity index (χ3n) is 4.01. The summed E-state index contributed by atoms with van der Waals surface area (Å²) in [5, 5.41) is 0. The van der Waals surface area contributed by atoms with Crippen LogP contribution in [0.2, 0.25) is 0 Å². The summed E-state index contributed by atoms with van der Waals surface area (Å²) in [7, 11) is -3.67. The average Bonchev–Trinajstić information content (AvgIpc) is 3.05. The zero-order valence-electron chi connectivity index (χ0n) is 13.6. The number of nitrogens with one attached hydrogen (secondary N) is 1. The number of hydrogen-bond donors (Lipinski definition) is 1. The highest BCUT2D eigenvalue weighted by molar-refractivity contribution is 9.10. The Bertz CT molecular complexity index is 824. The number of hydrogen-bond acceptors (Lipinski definition) is 5. The number of sulfonamides is 1. The van der Waals surface area contributed by atoms with Gasteiger partial charge in [-0.25, -0.2) is 18.4 Å². The van der Waals surface area contributed by atoms with Crippen LogP contribution in [0.5, 0.6) is 0 Å². The van der Waals surface area contributed by atoms with Crippen LogP contribution >= 0.6 is 15.9 Å². The van der Waals surface area contributed by atoms with E-state index in [0.717, 1.165) is 30.4 Å². The first-order chi connectivity index (χ1) is 11.4. The monoisotopic (exact) mass is 410 g/mol. The van der Waals surface area contributed by atoms with Crippen molar-refractivity contribution in [3.8, 4) is 0 Å². The Labute approximate surface area is 150 Å². The first kappa shape index (κ1) is 17.2. The number of aromatic nitrogens is 2. The summed E-state index contributed by atoms with van der Waals surface area (Å²) in [5.74, 6) is 0.675. The highest BCUT2D eigenvalue weighted by Crippen LogP contribution is 2.25. The summed E-state index contributed by atoms with van der Waals surface area (Å²) >= 11 is 3.30. The van der Waals surface area contributed by atoms with Gasteiger partial charge in [-0.15, -0.1) is 0 Å². The molecule has 2 heterocycles. The summed E-state index contributed by atoms with van der Waals surface area (Å²) < 4.78 is 28.6. The van der Waals surface area contributed by atoms with Gasteiger partial charge in [-0.3, -0.25) is 4.72 Å². The van der Waals surface area contributed by atoms with Crippen LogP contribution in [0.25, 0.3) is 0 Å². The van der Waals surface area contributed by atoms with Gasteiger partial charge in [0.05, 0.1) is 22.0 Å². The zero-order chi connectivity index (χ0) is 17.3. The Morgan fingerprint density at radius 2 is 1.58 bits per heavy atom. The number of halogens is 1. The average molecular weight is 411 g/mol. The summed E-state index contributed by atoms with van der Waals surface area (Å²) in [6.07, 6.45) is 2.28. The van der Waals surface area contributed by atoms with Crippen molar-refractivity contribution in [1.29, 1.82) is 0 Å². The molecule has 0 unspecified atom stereocenters. The van der Waals surface area contributed by atoms with E-state index < -0.39 is 10.0 Å². The minimum Gasteiger partial charge on any atom is -0.341 e. The second kappa shape index (κ2) is 6.68. The molecule has 0 bridgehead atoms. The van der Waals surface area contributed by atoms with Gasteiger partial charge in [-0.2, -0.15) is 0 Å². The number of rotatable bonds is 4. The molecule has 3 rings (SSSR count). The lowest BCUT2D eigenvalue weighted by atomic mass is 10.3.